The van der Waals surface area contributed by atoms with Crippen molar-refractivity contribution in [1.82, 2.24) is 19.9 Å². The lowest BCUT2D eigenvalue weighted by atomic mass is 10.2. The minimum Gasteiger partial charge on any atom is -0.486 e. The number of piperazine rings is 1. The average Bonchev–Trinajstić information content (AvgIpc) is 2.67. The van der Waals surface area contributed by atoms with Gasteiger partial charge in [0.25, 0.3) is 0 Å². The van der Waals surface area contributed by atoms with Crippen molar-refractivity contribution >= 4 is 12.0 Å². The van der Waals surface area contributed by atoms with Crippen LogP contribution in [0.4, 0.5) is 10.7 Å². The third-order valence-corrected chi connectivity index (χ3v) is 4.20. The number of anilines is 1. The normalized spacial score (nSPS) is 16.8. The number of nitriles is 1. The lowest BCUT2D eigenvalue weighted by Gasteiger charge is -2.38. The molecule has 1 N–H and O–H groups in total. The number of carbonyl (C=O) groups is 1. The summed E-state index contributed by atoms with van der Waals surface area (Å²) in [4.78, 5) is 27.0. The monoisotopic (exact) mass is 354 g/mol. The molecule has 0 aliphatic carbocycles. The standard InChI is InChI=1S/C17H18N6O3/c1-12-10-22(17(24)25)4-5-23(12)16-20-8-15(9-21-16)26-11-13-2-3-19-7-14(13)6-18/h2-3,7-9,12H,4-5,10-11H2,1H3,(H,24,25). The van der Waals surface area contributed by atoms with Crippen molar-refractivity contribution in [3.05, 3.63) is 42.0 Å². The van der Waals surface area contributed by atoms with Gasteiger partial charge in [-0.25, -0.2) is 14.8 Å². The van der Waals surface area contributed by atoms with E-state index in [4.69, 9.17) is 15.1 Å². The van der Waals surface area contributed by atoms with Gasteiger partial charge in [0.15, 0.2) is 5.75 Å². The van der Waals surface area contributed by atoms with Crippen molar-refractivity contribution in [3.63, 3.8) is 0 Å². The summed E-state index contributed by atoms with van der Waals surface area (Å²) in [5.74, 6) is 1.03. The molecule has 0 radical (unpaired) electrons. The second-order valence-electron chi connectivity index (χ2n) is 5.92. The summed E-state index contributed by atoms with van der Waals surface area (Å²) in [7, 11) is 0. The number of ether oxygens (including phenoxy) is 1. The summed E-state index contributed by atoms with van der Waals surface area (Å²) < 4.78 is 5.64. The van der Waals surface area contributed by atoms with Crippen LogP contribution in [0, 0.1) is 11.3 Å². The lowest BCUT2D eigenvalue weighted by molar-refractivity contribution is 0.136. The Balaban J connectivity index is 1.62. The zero-order chi connectivity index (χ0) is 18.5. The molecule has 0 aromatic carbocycles. The van der Waals surface area contributed by atoms with Gasteiger partial charge in [0.1, 0.15) is 12.7 Å². The molecule has 2 aromatic heterocycles. The maximum absolute atomic E-state index is 11.1. The minimum atomic E-state index is -0.908. The molecule has 1 aliphatic heterocycles. The molecule has 26 heavy (non-hydrogen) atoms. The quantitative estimate of drug-likeness (QED) is 0.878. The van der Waals surface area contributed by atoms with E-state index in [1.165, 1.54) is 11.1 Å². The molecule has 3 heterocycles. The number of nitrogens with zero attached hydrogens (tertiary/aromatic N) is 6. The predicted octanol–water partition coefficient (Wildman–Crippen LogP) is 1.51. The highest BCUT2D eigenvalue weighted by atomic mass is 16.5. The Hall–Kier alpha value is -3.41. The summed E-state index contributed by atoms with van der Waals surface area (Å²) in [5.41, 5.74) is 1.21. The SMILES string of the molecule is CC1CN(C(=O)O)CCN1c1ncc(OCc2ccncc2C#N)cn1. The number of amides is 1. The molecular weight excluding hydrogens is 336 g/mol. The van der Waals surface area contributed by atoms with E-state index < -0.39 is 6.09 Å². The number of aromatic nitrogens is 3. The molecule has 1 aliphatic rings. The number of carboxylic acid groups (broad SMARTS) is 1. The van der Waals surface area contributed by atoms with Crippen molar-refractivity contribution in [2.24, 2.45) is 0 Å². The van der Waals surface area contributed by atoms with Crippen LogP contribution < -0.4 is 9.64 Å². The first kappa shape index (κ1) is 17.4. The van der Waals surface area contributed by atoms with Gasteiger partial charge in [0, 0.05) is 43.6 Å². The maximum Gasteiger partial charge on any atom is 0.407 e. The third-order valence-electron chi connectivity index (χ3n) is 4.20. The maximum atomic E-state index is 11.1. The molecule has 1 amide bonds. The number of pyridine rings is 1. The molecule has 9 nitrogen and oxygen atoms in total. The van der Waals surface area contributed by atoms with Crippen molar-refractivity contribution in [3.8, 4) is 11.8 Å². The van der Waals surface area contributed by atoms with E-state index in [0.717, 1.165) is 5.56 Å². The second kappa shape index (κ2) is 7.65. The van der Waals surface area contributed by atoms with Gasteiger partial charge in [0.2, 0.25) is 5.95 Å². The highest BCUT2D eigenvalue weighted by molar-refractivity contribution is 5.65. The van der Waals surface area contributed by atoms with Crippen molar-refractivity contribution in [1.29, 1.82) is 5.26 Å². The van der Waals surface area contributed by atoms with Crippen LogP contribution in [0.25, 0.3) is 0 Å². The van der Waals surface area contributed by atoms with Crippen LogP contribution in [0.2, 0.25) is 0 Å². The Morgan fingerprint density at radius 1 is 1.38 bits per heavy atom. The minimum absolute atomic E-state index is 0.0124. The van der Waals surface area contributed by atoms with Gasteiger partial charge in [-0.15, -0.1) is 0 Å². The Morgan fingerprint density at radius 2 is 2.15 bits per heavy atom. The molecule has 2 aromatic rings. The van der Waals surface area contributed by atoms with Crippen LogP contribution in [-0.4, -0.2) is 56.7 Å². The van der Waals surface area contributed by atoms with Gasteiger partial charge in [-0.2, -0.15) is 5.26 Å². The number of rotatable bonds is 4. The fraction of sp³-hybridized carbons (Fsp3) is 0.353. The summed E-state index contributed by atoms with van der Waals surface area (Å²) in [5, 5.41) is 18.1. The number of hydrogen-bond acceptors (Lipinski definition) is 7. The van der Waals surface area contributed by atoms with Crippen molar-refractivity contribution in [2.75, 3.05) is 24.5 Å². The van der Waals surface area contributed by atoms with Gasteiger partial charge in [-0.05, 0) is 13.0 Å². The topological polar surface area (TPSA) is 115 Å². The average molecular weight is 354 g/mol. The van der Waals surface area contributed by atoms with Crippen LogP contribution in [0.5, 0.6) is 5.75 Å². The lowest BCUT2D eigenvalue weighted by Crippen LogP contribution is -2.53. The molecule has 0 saturated carbocycles. The van der Waals surface area contributed by atoms with E-state index in [9.17, 15) is 4.79 Å². The Morgan fingerprint density at radius 3 is 2.81 bits per heavy atom. The third kappa shape index (κ3) is 3.80. The fourth-order valence-corrected chi connectivity index (χ4v) is 2.77. The van der Waals surface area contributed by atoms with Crippen LogP contribution in [0.3, 0.4) is 0 Å². The highest BCUT2D eigenvalue weighted by Crippen LogP contribution is 2.19. The van der Waals surface area contributed by atoms with E-state index in [1.807, 2.05) is 11.8 Å². The molecule has 1 fully saturated rings. The first-order chi connectivity index (χ1) is 12.6. The van der Waals surface area contributed by atoms with E-state index in [-0.39, 0.29) is 12.6 Å². The molecule has 1 saturated heterocycles. The smallest absolute Gasteiger partial charge is 0.407 e. The molecule has 134 valence electrons. The van der Waals surface area contributed by atoms with Crippen molar-refractivity contribution < 1.29 is 14.6 Å². The predicted molar refractivity (Wildman–Crippen MR) is 91.7 cm³/mol. The summed E-state index contributed by atoms with van der Waals surface area (Å²) >= 11 is 0. The first-order valence-corrected chi connectivity index (χ1v) is 8.11. The Kier molecular flexibility index (Phi) is 5.12. The van der Waals surface area contributed by atoms with Crippen LogP contribution in [-0.2, 0) is 6.61 Å². The van der Waals surface area contributed by atoms with Gasteiger partial charge in [-0.3, -0.25) is 4.98 Å². The molecule has 0 spiro atoms. The largest absolute Gasteiger partial charge is 0.486 e. The number of hydrogen-bond donors (Lipinski definition) is 1. The van der Waals surface area contributed by atoms with E-state index in [2.05, 4.69) is 21.0 Å². The molecular formula is C17H18N6O3. The zero-order valence-corrected chi connectivity index (χ0v) is 14.2. The van der Waals surface area contributed by atoms with Crippen LogP contribution in [0.1, 0.15) is 18.1 Å². The summed E-state index contributed by atoms with van der Waals surface area (Å²) in [6, 6.07) is 3.80. The second-order valence-corrected chi connectivity index (χ2v) is 5.92. The first-order valence-electron chi connectivity index (χ1n) is 8.11. The zero-order valence-electron chi connectivity index (χ0n) is 14.2. The van der Waals surface area contributed by atoms with E-state index in [0.29, 0.717) is 36.9 Å². The molecule has 9 heteroatoms. The highest BCUT2D eigenvalue weighted by Gasteiger charge is 2.27. The molecule has 1 atom stereocenters. The van der Waals surface area contributed by atoms with Crippen molar-refractivity contribution in [2.45, 2.75) is 19.6 Å². The van der Waals surface area contributed by atoms with Gasteiger partial charge < -0.3 is 19.6 Å². The molecule has 3 rings (SSSR count). The van der Waals surface area contributed by atoms with Gasteiger partial charge in [0.05, 0.1) is 18.0 Å². The van der Waals surface area contributed by atoms with Crippen LogP contribution >= 0.6 is 0 Å². The summed E-state index contributed by atoms with van der Waals surface area (Å²) in [6.45, 7) is 3.53. The van der Waals surface area contributed by atoms with Gasteiger partial charge >= 0.3 is 6.09 Å². The summed E-state index contributed by atoms with van der Waals surface area (Å²) in [6.07, 6.45) is 5.35. The molecule has 1 unspecified atom stereocenters. The molecule has 0 bridgehead atoms. The van der Waals surface area contributed by atoms with E-state index in [1.54, 1.807) is 24.7 Å². The Bertz CT molecular complexity index is 820. The van der Waals surface area contributed by atoms with Gasteiger partial charge in [-0.1, -0.05) is 0 Å². The fourth-order valence-electron chi connectivity index (χ4n) is 2.77. The van der Waals surface area contributed by atoms with Crippen LogP contribution in [0.15, 0.2) is 30.9 Å². The Labute approximate surface area is 150 Å². The van der Waals surface area contributed by atoms with E-state index >= 15 is 0 Å².